The van der Waals surface area contributed by atoms with Gasteiger partial charge in [0, 0.05) is 13.1 Å². The van der Waals surface area contributed by atoms with E-state index in [4.69, 9.17) is 0 Å². The molecule has 0 bridgehead atoms. The number of nitrogens with zero attached hydrogens (tertiary/aromatic N) is 2. The van der Waals surface area contributed by atoms with Crippen LogP contribution in [0.1, 0.15) is 40.5 Å². The average Bonchev–Trinajstić information content (AvgIpc) is 2.28. The van der Waals surface area contributed by atoms with E-state index in [1.807, 2.05) is 0 Å². The molecule has 2 aliphatic heterocycles. The average molecular weight is 240 g/mol. The van der Waals surface area contributed by atoms with Gasteiger partial charge in [-0.1, -0.05) is 26.0 Å². The van der Waals surface area contributed by atoms with Gasteiger partial charge in [-0.3, -0.25) is 0 Å². The van der Waals surface area contributed by atoms with Gasteiger partial charge in [0.2, 0.25) is 0 Å². The molecule has 0 unspecified atom stereocenters. The van der Waals surface area contributed by atoms with Crippen LogP contribution in [0.3, 0.4) is 0 Å². The minimum atomic E-state index is 0. The fourth-order valence-electron chi connectivity index (χ4n) is 2.01. The summed E-state index contributed by atoms with van der Waals surface area (Å²) in [7, 11) is 4.36. The van der Waals surface area contributed by atoms with E-state index in [1.54, 1.807) is 5.57 Å². The Balaban J connectivity index is 0.000000284. The van der Waals surface area contributed by atoms with Crippen LogP contribution in [0.5, 0.6) is 0 Å². The van der Waals surface area contributed by atoms with Crippen LogP contribution >= 0.6 is 0 Å². The van der Waals surface area contributed by atoms with Crippen molar-refractivity contribution >= 4 is 0 Å². The summed E-state index contributed by atoms with van der Waals surface area (Å²) in [6, 6.07) is 0. The third-order valence-corrected chi connectivity index (χ3v) is 3.65. The summed E-state index contributed by atoms with van der Waals surface area (Å²) in [5.41, 5.74) is 1.54. The van der Waals surface area contributed by atoms with Crippen molar-refractivity contribution in [2.24, 2.45) is 5.92 Å². The number of piperidine rings is 1. The molecule has 1 fully saturated rings. The zero-order valence-corrected chi connectivity index (χ0v) is 11.5. The zero-order chi connectivity index (χ0) is 12.0. The van der Waals surface area contributed by atoms with Crippen LogP contribution in [-0.4, -0.2) is 50.1 Å². The first-order valence-corrected chi connectivity index (χ1v) is 6.60. The van der Waals surface area contributed by atoms with Gasteiger partial charge in [-0.25, -0.2) is 0 Å². The Hall–Kier alpha value is -0.340. The van der Waals surface area contributed by atoms with Crippen molar-refractivity contribution in [1.82, 2.24) is 9.80 Å². The van der Waals surface area contributed by atoms with Crippen molar-refractivity contribution in [3.63, 3.8) is 0 Å². The quantitative estimate of drug-likeness (QED) is 0.600. The molecule has 0 aromatic heterocycles. The van der Waals surface area contributed by atoms with E-state index in [9.17, 15) is 0 Å². The van der Waals surface area contributed by atoms with Gasteiger partial charge in [-0.05, 0) is 59.3 Å². The number of rotatable bonds is 0. The highest BCUT2D eigenvalue weighted by atomic mass is 15.1. The van der Waals surface area contributed by atoms with Crippen molar-refractivity contribution in [3.8, 4) is 0 Å². The Morgan fingerprint density at radius 1 is 1.06 bits per heavy atom. The Kier molecular flexibility index (Phi) is 8.53. The van der Waals surface area contributed by atoms with Gasteiger partial charge < -0.3 is 9.80 Å². The van der Waals surface area contributed by atoms with Gasteiger partial charge >= 0.3 is 0 Å². The first kappa shape index (κ1) is 16.7. The molecule has 2 heterocycles. The van der Waals surface area contributed by atoms with E-state index in [0.29, 0.717) is 0 Å². The fourth-order valence-corrected chi connectivity index (χ4v) is 2.01. The predicted molar refractivity (Wildman–Crippen MR) is 78.5 cm³/mol. The predicted octanol–water partition coefficient (Wildman–Crippen LogP) is 3.25. The molecule has 102 valence electrons. The number of hydrogen-bond donors (Lipinski definition) is 0. The number of likely N-dealkylation sites (N-methyl/N-ethyl adjacent to an activating group) is 1. The maximum atomic E-state index is 2.40. The highest BCUT2D eigenvalue weighted by Crippen LogP contribution is 2.13. The molecule has 2 aliphatic rings. The van der Waals surface area contributed by atoms with Crippen LogP contribution in [0.15, 0.2) is 11.6 Å². The van der Waals surface area contributed by atoms with Crippen molar-refractivity contribution in [3.05, 3.63) is 11.6 Å². The molecule has 0 aromatic rings. The second-order valence-corrected chi connectivity index (χ2v) is 5.55. The molecule has 2 nitrogen and oxygen atoms in total. The van der Waals surface area contributed by atoms with Crippen LogP contribution in [0, 0.1) is 5.92 Å². The summed E-state index contributed by atoms with van der Waals surface area (Å²) in [4.78, 5) is 4.73. The molecule has 0 radical (unpaired) electrons. The lowest BCUT2D eigenvalue weighted by Gasteiger charge is -2.26. The molecule has 0 aromatic carbocycles. The van der Waals surface area contributed by atoms with Crippen molar-refractivity contribution in [2.75, 3.05) is 40.3 Å². The standard InChI is InChI=1S/C7H15N.C7H13N.CH4/c2*1-7-3-5-8(2)6-4-7;/h7H,3-6H2,1-2H3;3H,4-6H2,1-2H3;1H4. The summed E-state index contributed by atoms with van der Waals surface area (Å²) < 4.78 is 0. The minimum Gasteiger partial charge on any atom is -0.306 e. The van der Waals surface area contributed by atoms with E-state index < -0.39 is 0 Å². The Labute approximate surface area is 109 Å². The highest BCUT2D eigenvalue weighted by Gasteiger charge is 2.10. The van der Waals surface area contributed by atoms with Gasteiger partial charge in [0.15, 0.2) is 0 Å². The van der Waals surface area contributed by atoms with Crippen LogP contribution in [0.4, 0.5) is 0 Å². The summed E-state index contributed by atoms with van der Waals surface area (Å²) >= 11 is 0. The van der Waals surface area contributed by atoms with E-state index >= 15 is 0 Å². The highest BCUT2D eigenvalue weighted by molar-refractivity contribution is 5.02. The van der Waals surface area contributed by atoms with E-state index in [1.165, 1.54) is 38.9 Å². The third-order valence-electron chi connectivity index (χ3n) is 3.65. The van der Waals surface area contributed by atoms with Gasteiger partial charge in [-0.2, -0.15) is 0 Å². The lowest BCUT2D eigenvalue weighted by Crippen LogP contribution is -2.28. The smallest absolute Gasteiger partial charge is 0.0162 e. The van der Waals surface area contributed by atoms with Gasteiger partial charge in [-0.15, -0.1) is 0 Å². The first-order valence-electron chi connectivity index (χ1n) is 6.60. The van der Waals surface area contributed by atoms with E-state index in [0.717, 1.165) is 12.5 Å². The monoisotopic (exact) mass is 240 g/mol. The summed E-state index contributed by atoms with van der Waals surface area (Å²) in [6.07, 6.45) is 6.35. The van der Waals surface area contributed by atoms with Crippen molar-refractivity contribution < 1.29 is 0 Å². The summed E-state index contributed by atoms with van der Waals surface area (Å²) in [6.45, 7) is 9.54. The maximum absolute atomic E-state index is 2.40. The second kappa shape index (κ2) is 8.71. The number of hydrogen-bond acceptors (Lipinski definition) is 2. The molecule has 2 rings (SSSR count). The lowest BCUT2D eigenvalue weighted by molar-refractivity contribution is 0.230. The Morgan fingerprint density at radius 2 is 1.65 bits per heavy atom. The van der Waals surface area contributed by atoms with Crippen LogP contribution < -0.4 is 0 Å². The molecular weight excluding hydrogens is 208 g/mol. The molecule has 1 saturated heterocycles. The molecule has 0 N–H and O–H groups in total. The Bertz CT molecular complexity index is 205. The van der Waals surface area contributed by atoms with E-state index in [2.05, 4.69) is 43.8 Å². The van der Waals surface area contributed by atoms with Crippen LogP contribution in [-0.2, 0) is 0 Å². The van der Waals surface area contributed by atoms with E-state index in [-0.39, 0.29) is 7.43 Å². The third kappa shape index (κ3) is 7.56. The normalized spacial score (nSPS) is 23.2. The largest absolute Gasteiger partial charge is 0.306 e. The van der Waals surface area contributed by atoms with Gasteiger partial charge in [0.25, 0.3) is 0 Å². The van der Waals surface area contributed by atoms with Crippen LogP contribution in [0.2, 0.25) is 0 Å². The topological polar surface area (TPSA) is 6.48 Å². The van der Waals surface area contributed by atoms with Gasteiger partial charge in [0.1, 0.15) is 0 Å². The van der Waals surface area contributed by atoms with Crippen molar-refractivity contribution in [1.29, 1.82) is 0 Å². The van der Waals surface area contributed by atoms with Crippen LogP contribution in [0.25, 0.3) is 0 Å². The maximum Gasteiger partial charge on any atom is 0.0162 e. The molecule has 17 heavy (non-hydrogen) atoms. The molecule has 0 atom stereocenters. The SMILES string of the molecule is C.CC1=CCN(C)CC1.CC1CCN(C)CC1. The van der Waals surface area contributed by atoms with Crippen molar-refractivity contribution in [2.45, 2.75) is 40.5 Å². The molecule has 0 spiro atoms. The summed E-state index contributed by atoms with van der Waals surface area (Å²) in [5, 5.41) is 0. The Morgan fingerprint density at radius 3 is 2.00 bits per heavy atom. The number of likely N-dealkylation sites (tertiary alicyclic amines) is 1. The second-order valence-electron chi connectivity index (χ2n) is 5.55. The molecule has 2 heteroatoms. The molecule has 0 aliphatic carbocycles. The first-order chi connectivity index (χ1) is 7.58. The molecular formula is C15H32N2. The molecule has 0 saturated carbocycles. The lowest BCUT2D eigenvalue weighted by atomic mass is 10.00. The summed E-state index contributed by atoms with van der Waals surface area (Å²) in [5.74, 6) is 0.978. The minimum absolute atomic E-state index is 0. The zero-order valence-electron chi connectivity index (χ0n) is 11.5. The molecule has 0 amide bonds. The fraction of sp³-hybridized carbons (Fsp3) is 0.867. The van der Waals surface area contributed by atoms with Gasteiger partial charge in [0.05, 0.1) is 0 Å².